The van der Waals surface area contributed by atoms with Crippen molar-refractivity contribution in [3.8, 4) is 5.75 Å². The number of hydrogen-bond acceptors (Lipinski definition) is 4. The molecule has 0 aliphatic heterocycles. The number of rotatable bonds is 6. The summed E-state index contributed by atoms with van der Waals surface area (Å²) in [6.45, 7) is 0.633. The van der Waals surface area contributed by atoms with E-state index in [-0.39, 0.29) is 5.91 Å². The Morgan fingerprint density at radius 3 is 2.67 bits per heavy atom. The maximum Gasteiger partial charge on any atom is 0.237 e. The first kappa shape index (κ1) is 16.2. The molecule has 0 saturated heterocycles. The lowest BCUT2D eigenvalue weighted by Crippen LogP contribution is -2.56. The summed E-state index contributed by atoms with van der Waals surface area (Å²) in [4.78, 5) is 13.0. The number of primary amides is 1. The molecule has 0 atom stereocenters. The predicted molar refractivity (Wildman–Crippen MR) is 86.6 cm³/mol. The van der Waals surface area contributed by atoms with Crippen LogP contribution in [0.3, 0.4) is 0 Å². The predicted octanol–water partition coefficient (Wildman–Crippen LogP) is 2.69. The Kier molecular flexibility index (Phi) is 5.53. The van der Waals surface area contributed by atoms with Crippen molar-refractivity contribution < 1.29 is 9.53 Å². The molecule has 1 aromatic carbocycles. The summed E-state index contributed by atoms with van der Waals surface area (Å²) in [7, 11) is 1.68. The molecule has 0 unspecified atom stereocenters. The highest BCUT2D eigenvalue weighted by Crippen LogP contribution is 2.30. The van der Waals surface area contributed by atoms with Crippen molar-refractivity contribution in [2.45, 2.75) is 49.1 Å². The van der Waals surface area contributed by atoms with Gasteiger partial charge in [0.25, 0.3) is 0 Å². The van der Waals surface area contributed by atoms with Crippen LogP contribution in [0.1, 0.15) is 37.7 Å². The molecule has 21 heavy (non-hydrogen) atoms. The van der Waals surface area contributed by atoms with E-state index >= 15 is 0 Å². The van der Waals surface area contributed by atoms with Gasteiger partial charge in [-0.1, -0.05) is 25.3 Å². The summed E-state index contributed by atoms with van der Waals surface area (Å²) in [6, 6.07) is 6.15. The number of carbonyl (C=O) groups excluding carboxylic acids is 1. The molecule has 1 aliphatic carbocycles. The molecular formula is C16H24N2O2S. The second-order valence-electron chi connectivity index (χ2n) is 5.55. The fourth-order valence-electron chi connectivity index (χ4n) is 2.93. The molecule has 3 N–H and O–H groups in total. The maximum atomic E-state index is 11.9. The van der Waals surface area contributed by atoms with E-state index in [4.69, 9.17) is 10.5 Å². The topological polar surface area (TPSA) is 64.3 Å². The van der Waals surface area contributed by atoms with Crippen LogP contribution in [0.4, 0.5) is 0 Å². The van der Waals surface area contributed by atoms with E-state index in [1.807, 2.05) is 12.3 Å². The van der Waals surface area contributed by atoms with Gasteiger partial charge in [0.15, 0.2) is 0 Å². The van der Waals surface area contributed by atoms with Crippen LogP contribution >= 0.6 is 11.8 Å². The Morgan fingerprint density at radius 2 is 2.10 bits per heavy atom. The third-order valence-corrected chi connectivity index (χ3v) is 5.03. The lowest BCUT2D eigenvalue weighted by Gasteiger charge is -2.35. The molecule has 1 amide bonds. The van der Waals surface area contributed by atoms with Crippen LogP contribution in [0.15, 0.2) is 23.1 Å². The fraction of sp³-hybridized carbons (Fsp3) is 0.562. The van der Waals surface area contributed by atoms with Crippen molar-refractivity contribution >= 4 is 17.7 Å². The van der Waals surface area contributed by atoms with Crippen molar-refractivity contribution in [3.63, 3.8) is 0 Å². The molecule has 0 radical (unpaired) electrons. The fourth-order valence-corrected chi connectivity index (χ4v) is 3.48. The molecule has 0 heterocycles. The largest absolute Gasteiger partial charge is 0.496 e. The zero-order valence-electron chi connectivity index (χ0n) is 12.8. The molecule has 4 nitrogen and oxygen atoms in total. The standard InChI is InChI=1S/C16H24N2O2S/c1-20-13-10-12(6-7-14(13)21-2)11-18-16(15(17)19)8-4-3-5-9-16/h6-7,10,18H,3-5,8-9,11H2,1-2H3,(H2,17,19). The summed E-state index contributed by atoms with van der Waals surface area (Å²) in [5.41, 5.74) is 6.21. The van der Waals surface area contributed by atoms with E-state index in [1.54, 1.807) is 18.9 Å². The Balaban J connectivity index is 2.09. The van der Waals surface area contributed by atoms with Crippen LogP contribution in [-0.2, 0) is 11.3 Å². The van der Waals surface area contributed by atoms with E-state index in [2.05, 4.69) is 17.4 Å². The quantitative estimate of drug-likeness (QED) is 0.793. The number of amides is 1. The number of methoxy groups -OCH3 is 1. The van der Waals surface area contributed by atoms with Crippen molar-refractivity contribution in [3.05, 3.63) is 23.8 Å². The van der Waals surface area contributed by atoms with Gasteiger partial charge in [-0.25, -0.2) is 0 Å². The smallest absolute Gasteiger partial charge is 0.237 e. The van der Waals surface area contributed by atoms with Crippen LogP contribution in [0.2, 0.25) is 0 Å². The summed E-state index contributed by atoms with van der Waals surface area (Å²) >= 11 is 1.66. The van der Waals surface area contributed by atoms with Gasteiger partial charge in [-0.05, 0) is 36.8 Å². The van der Waals surface area contributed by atoms with Crippen LogP contribution in [0, 0.1) is 0 Å². The summed E-state index contributed by atoms with van der Waals surface area (Å²) in [6.07, 6.45) is 7.01. The lowest BCUT2D eigenvalue weighted by molar-refractivity contribution is -0.125. The van der Waals surface area contributed by atoms with Crippen molar-refractivity contribution in [2.75, 3.05) is 13.4 Å². The Labute approximate surface area is 130 Å². The molecule has 5 heteroatoms. The molecule has 0 bridgehead atoms. The number of ether oxygens (including phenoxy) is 1. The average Bonchev–Trinajstić information content (AvgIpc) is 2.53. The van der Waals surface area contributed by atoms with Crippen molar-refractivity contribution in [1.82, 2.24) is 5.32 Å². The van der Waals surface area contributed by atoms with Gasteiger partial charge in [-0.3, -0.25) is 10.1 Å². The molecule has 2 rings (SSSR count). The number of nitrogens with one attached hydrogen (secondary N) is 1. The van der Waals surface area contributed by atoms with Crippen LogP contribution in [-0.4, -0.2) is 24.8 Å². The number of hydrogen-bond donors (Lipinski definition) is 2. The molecule has 116 valence electrons. The third-order valence-electron chi connectivity index (χ3n) is 4.26. The summed E-state index contributed by atoms with van der Waals surface area (Å²) in [5, 5.41) is 3.40. The number of thioether (sulfide) groups is 1. The first-order chi connectivity index (χ1) is 10.1. The molecule has 0 spiro atoms. The van der Waals surface area contributed by atoms with Gasteiger partial charge in [0.2, 0.25) is 5.91 Å². The van der Waals surface area contributed by atoms with Gasteiger partial charge < -0.3 is 10.5 Å². The molecule has 1 fully saturated rings. The number of benzene rings is 1. The Bertz CT molecular complexity index is 499. The van der Waals surface area contributed by atoms with E-state index in [0.717, 1.165) is 41.9 Å². The first-order valence-electron chi connectivity index (χ1n) is 7.37. The maximum absolute atomic E-state index is 11.9. The zero-order chi connectivity index (χ0) is 15.3. The van der Waals surface area contributed by atoms with Crippen LogP contribution in [0.5, 0.6) is 5.75 Å². The minimum absolute atomic E-state index is 0.227. The summed E-state index contributed by atoms with van der Waals surface area (Å²) < 4.78 is 5.40. The monoisotopic (exact) mass is 308 g/mol. The number of carbonyl (C=O) groups is 1. The molecule has 1 saturated carbocycles. The Hall–Kier alpha value is -1.20. The molecule has 0 aromatic heterocycles. The summed E-state index contributed by atoms with van der Waals surface area (Å²) in [5.74, 6) is 0.647. The van der Waals surface area contributed by atoms with Crippen LogP contribution in [0.25, 0.3) is 0 Å². The van der Waals surface area contributed by atoms with Gasteiger partial charge in [0.1, 0.15) is 5.75 Å². The van der Waals surface area contributed by atoms with Gasteiger partial charge in [-0.15, -0.1) is 11.8 Å². The highest BCUT2D eigenvalue weighted by Gasteiger charge is 2.37. The SMILES string of the molecule is COc1cc(CNC2(C(N)=O)CCCCC2)ccc1SC. The van der Waals surface area contributed by atoms with E-state index in [9.17, 15) is 4.79 Å². The second-order valence-corrected chi connectivity index (χ2v) is 6.40. The Morgan fingerprint density at radius 1 is 1.38 bits per heavy atom. The molecular weight excluding hydrogens is 284 g/mol. The minimum Gasteiger partial charge on any atom is -0.496 e. The van der Waals surface area contributed by atoms with Gasteiger partial charge in [-0.2, -0.15) is 0 Å². The highest BCUT2D eigenvalue weighted by atomic mass is 32.2. The molecule has 1 aromatic rings. The minimum atomic E-state index is -0.538. The number of nitrogens with two attached hydrogens (primary N) is 1. The molecule has 1 aliphatic rings. The van der Waals surface area contributed by atoms with E-state index < -0.39 is 5.54 Å². The zero-order valence-corrected chi connectivity index (χ0v) is 13.6. The van der Waals surface area contributed by atoms with Crippen molar-refractivity contribution in [1.29, 1.82) is 0 Å². The average molecular weight is 308 g/mol. The normalized spacial score (nSPS) is 17.4. The lowest BCUT2D eigenvalue weighted by atomic mass is 9.81. The van der Waals surface area contributed by atoms with Gasteiger partial charge in [0.05, 0.1) is 12.6 Å². The van der Waals surface area contributed by atoms with Crippen molar-refractivity contribution in [2.24, 2.45) is 5.73 Å². The second kappa shape index (κ2) is 7.18. The van der Waals surface area contributed by atoms with Gasteiger partial charge >= 0.3 is 0 Å². The first-order valence-corrected chi connectivity index (χ1v) is 8.59. The van der Waals surface area contributed by atoms with E-state index in [1.165, 1.54) is 6.42 Å². The van der Waals surface area contributed by atoms with E-state index in [0.29, 0.717) is 6.54 Å². The van der Waals surface area contributed by atoms with Gasteiger partial charge in [0, 0.05) is 11.4 Å². The highest BCUT2D eigenvalue weighted by molar-refractivity contribution is 7.98. The third kappa shape index (κ3) is 3.71. The van der Waals surface area contributed by atoms with Crippen LogP contribution < -0.4 is 15.8 Å².